The van der Waals surface area contributed by atoms with Crippen LogP contribution in [0.1, 0.15) is 39.0 Å². The van der Waals surface area contributed by atoms with Crippen LogP contribution in [0.2, 0.25) is 0 Å². The molecule has 1 aliphatic heterocycles. The third-order valence-electron chi connectivity index (χ3n) is 3.63. The first-order valence-corrected chi connectivity index (χ1v) is 6.40. The van der Waals surface area contributed by atoms with Crippen LogP contribution in [-0.2, 0) is 4.74 Å². The number of ether oxygens (including phenoxy) is 1. The van der Waals surface area contributed by atoms with E-state index in [-0.39, 0.29) is 0 Å². The van der Waals surface area contributed by atoms with Gasteiger partial charge in [-0.05, 0) is 38.6 Å². The maximum atomic E-state index is 5.84. The molecule has 0 radical (unpaired) electrons. The Balaban J connectivity index is 1.72. The first-order chi connectivity index (χ1) is 7.29. The maximum absolute atomic E-state index is 5.84. The van der Waals surface area contributed by atoms with Gasteiger partial charge >= 0.3 is 0 Å². The second-order valence-electron chi connectivity index (χ2n) is 5.02. The van der Waals surface area contributed by atoms with Gasteiger partial charge in [0.15, 0.2) is 0 Å². The van der Waals surface area contributed by atoms with Crippen molar-refractivity contribution < 1.29 is 4.74 Å². The molecule has 15 heavy (non-hydrogen) atoms. The summed E-state index contributed by atoms with van der Waals surface area (Å²) in [6, 6.07) is 1.22. The maximum Gasteiger partial charge on any atom is 0.0702 e. The fraction of sp³-hybridized carbons (Fsp3) is 1.00. The van der Waals surface area contributed by atoms with E-state index in [2.05, 4.69) is 11.8 Å². The molecule has 0 aromatic carbocycles. The molecule has 2 N–H and O–H groups in total. The van der Waals surface area contributed by atoms with Crippen LogP contribution in [0.4, 0.5) is 0 Å². The Morgan fingerprint density at radius 2 is 2.20 bits per heavy atom. The molecule has 1 heterocycles. The van der Waals surface area contributed by atoms with E-state index in [4.69, 9.17) is 10.5 Å². The van der Waals surface area contributed by atoms with Gasteiger partial charge in [-0.2, -0.15) is 0 Å². The third kappa shape index (κ3) is 2.92. The SMILES string of the molecule is CCCOC1CCCN(C2CC(N)C2)C1. The summed E-state index contributed by atoms with van der Waals surface area (Å²) in [5, 5.41) is 0. The molecule has 3 nitrogen and oxygen atoms in total. The van der Waals surface area contributed by atoms with Crippen LogP contribution >= 0.6 is 0 Å². The number of hydrogen-bond donors (Lipinski definition) is 1. The van der Waals surface area contributed by atoms with E-state index in [1.54, 1.807) is 0 Å². The van der Waals surface area contributed by atoms with Gasteiger partial charge < -0.3 is 10.5 Å². The Morgan fingerprint density at radius 1 is 1.40 bits per heavy atom. The molecule has 0 spiro atoms. The van der Waals surface area contributed by atoms with Crippen molar-refractivity contribution in [2.24, 2.45) is 5.73 Å². The van der Waals surface area contributed by atoms with Gasteiger partial charge in [0, 0.05) is 25.2 Å². The first kappa shape index (κ1) is 11.4. The highest BCUT2D eigenvalue weighted by Gasteiger charge is 2.33. The highest BCUT2D eigenvalue weighted by atomic mass is 16.5. The van der Waals surface area contributed by atoms with Crippen molar-refractivity contribution in [3.05, 3.63) is 0 Å². The summed E-state index contributed by atoms with van der Waals surface area (Å²) in [6.07, 6.45) is 6.54. The Morgan fingerprint density at radius 3 is 2.87 bits per heavy atom. The average Bonchev–Trinajstić information content (AvgIpc) is 2.22. The molecule has 1 aliphatic carbocycles. The lowest BCUT2D eigenvalue weighted by atomic mass is 9.85. The number of nitrogens with zero attached hydrogens (tertiary/aromatic N) is 1. The number of hydrogen-bond acceptors (Lipinski definition) is 3. The largest absolute Gasteiger partial charge is 0.377 e. The molecule has 3 heteroatoms. The standard InChI is InChI=1S/C12H24N2O/c1-2-6-15-12-4-3-5-14(9-12)11-7-10(13)8-11/h10-12H,2-9,13H2,1H3. The molecular formula is C12H24N2O. The molecule has 0 aromatic heterocycles. The zero-order chi connectivity index (χ0) is 10.7. The summed E-state index contributed by atoms with van der Waals surface area (Å²) < 4.78 is 5.84. The van der Waals surface area contributed by atoms with Crippen molar-refractivity contribution >= 4 is 0 Å². The summed E-state index contributed by atoms with van der Waals surface area (Å²) in [6.45, 7) is 5.48. The number of rotatable bonds is 4. The number of piperidine rings is 1. The normalized spacial score (nSPS) is 37.6. The monoisotopic (exact) mass is 212 g/mol. The van der Waals surface area contributed by atoms with E-state index in [9.17, 15) is 0 Å². The molecule has 2 fully saturated rings. The van der Waals surface area contributed by atoms with Gasteiger partial charge in [0.1, 0.15) is 0 Å². The Kier molecular flexibility index (Phi) is 4.00. The number of nitrogens with two attached hydrogens (primary N) is 1. The van der Waals surface area contributed by atoms with Crippen molar-refractivity contribution in [1.29, 1.82) is 0 Å². The molecule has 0 amide bonds. The molecule has 1 saturated carbocycles. The van der Waals surface area contributed by atoms with Crippen LogP contribution in [0.3, 0.4) is 0 Å². The first-order valence-electron chi connectivity index (χ1n) is 6.40. The predicted molar refractivity (Wildman–Crippen MR) is 61.8 cm³/mol. The van der Waals surface area contributed by atoms with E-state index in [1.165, 1.54) is 32.2 Å². The van der Waals surface area contributed by atoms with Crippen molar-refractivity contribution in [1.82, 2.24) is 4.90 Å². The summed E-state index contributed by atoms with van der Waals surface area (Å²) in [5.74, 6) is 0. The highest BCUT2D eigenvalue weighted by molar-refractivity contribution is 4.91. The molecule has 1 atom stereocenters. The van der Waals surface area contributed by atoms with Gasteiger partial charge in [0.05, 0.1) is 6.10 Å². The van der Waals surface area contributed by atoms with Gasteiger partial charge in [-0.25, -0.2) is 0 Å². The molecule has 1 unspecified atom stereocenters. The van der Waals surface area contributed by atoms with E-state index >= 15 is 0 Å². The second-order valence-corrected chi connectivity index (χ2v) is 5.02. The third-order valence-corrected chi connectivity index (χ3v) is 3.63. The van der Waals surface area contributed by atoms with Crippen molar-refractivity contribution in [3.63, 3.8) is 0 Å². The fourth-order valence-electron chi connectivity index (χ4n) is 2.65. The molecule has 0 aromatic rings. The Hall–Kier alpha value is -0.120. The van der Waals surface area contributed by atoms with E-state index in [0.29, 0.717) is 12.1 Å². The number of likely N-dealkylation sites (tertiary alicyclic amines) is 1. The van der Waals surface area contributed by atoms with E-state index < -0.39 is 0 Å². The minimum atomic E-state index is 0.465. The van der Waals surface area contributed by atoms with Crippen LogP contribution in [-0.4, -0.2) is 42.8 Å². The summed E-state index contributed by atoms with van der Waals surface area (Å²) in [5.41, 5.74) is 5.83. The summed E-state index contributed by atoms with van der Waals surface area (Å²) in [4.78, 5) is 2.59. The lowest BCUT2D eigenvalue weighted by Crippen LogP contribution is -2.54. The molecule has 1 saturated heterocycles. The predicted octanol–water partition coefficient (Wildman–Crippen LogP) is 1.37. The van der Waals surface area contributed by atoms with Crippen LogP contribution < -0.4 is 5.73 Å². The zero-order valence-electron chi connectivity index (χ0n) is 9.82. The molecular weight excluding hydrogens is 188 g/mol. The zero-order valence-corrected chi connectivity index (χ0v) is 9.82. The van der Waals surface area contributed by atoms with E-state index in [0.717, 1.165) is 25.6 Å². The highest BCUT2D eigenvalue weighted by Crippen LogP contribution is 2.27. The molecule has 88 valence electrons. The molecule has 2 rings (SSSR count). The minimum absolute atomic E-state index is 0.465. The Bertz CT molecular complexity index is 192. The van der Waals surface area contributed by atoms with Crippen molar-refractivity contribution in [3.8, 4) is 0 Å². The quantitative estimate of drug-likeness (QED) is 0.765. The van der Waals surface area contributed by atoms with Crippen LogP contribution in [0.15, 0.2) is 0 Å². The van der Waals surface area contributed by atoms with E-state index in [1.807, 2.05) is 0 Å². The smallest absolute Gasteiger partial charge is 0.0702 e. The molecule has 0 bridgehead atoms. The topological polar surface area (TPSA) is 38.5 Å². The van der Waals surface area contributed by atoms with Crippen LogP contribution in [0, 0.1) is 0 Å². The van der Waals surface area contributed by atoms with Crippen molar-refractivity contribution in [2.75, 3.05) is 19.7 Å². The van der Waals surface area contributed by atoms with Crippen molar-refractivity contribution in [2.45, 2.75) is 57.2 Å². The van der Waals surface area contributed by atoms with Gasteiger partial charge in [-0.1, -0.05) is 6.92 Å². The fourth-order valence-corrected chi connectivity index (χ4v) is 2.65. The van der Waals surface area contributed by atoms with Crippen LogP contribution in [0.25, 0.3) is 0 Å². The summed E-state index contributed by atoms with van der Waals surface area (Å²) >= 11 is 0. The lowest BCUT2D eigenvalue weighted by molar-refractivity contribution is -0.0265. The Labute approximate surface area is 93.0 Å². The average molecular weight is 212 g/mol. The molecule has 2 aliphatic rings. The lowest BCUT2D eigenvalue weighted by Gasteiger charge is -2.45. The van der Waals surface area contributed by atoms with Gasteiger partial charge in [0.2, 0.25) is 0 Å². The summed E-state index contributed by atoms with van der Waals surface area (Å²) in [7, 11) is 0. The minimum Gasteiger partial charge on any atom is -0.377 e. The van der Waals surface area contributed by atoms with Crippen LogP contribution in [0.5, 0.6) is 0 Å². The van der Waals surface area contributed by atoms with Gasteiger partial charge in [-0.3, -0.25) is 4.90 Å². The van der Waals surface area contributed by atoms with Gasteiger partial charge in [0.25, 0.3) is 0 Å². The van der Waals surface area contributed by atoms with Gasteiger partial charge in [-0.15, -0.1) is 0 Å². The second kappa shape index (κ2) is 5.28.